The van der Waals surface area contributed by atoms with E-state index in [4.69, 9.17) is 9.47 Å². The number of carboxylic acids is 1. The summed E-state index contributed by atoms with van der Waals surface area (Å²) >= 11 is 0. The number of rotatable bonds is 9. The maximum Gasteiger partial charge on any atom is 0.335 e. The highest BCUT2D eigenvalue weighted by Gasteiger charge is 2.24. The largest absolute Gasteiger partial charge is 0.478 e. The van der Waals surface area contributed by atoms with E-state index in [1.54, 1.807) is 29.1 Å². The Labute approximate surface area is 271 Å². The molecule has 2 N–H and O–H groups in total. The van der Waals surface area contributed by atoms with Crippen LogP contribution < -0.4 is 4.74 Å². The number of hydrogen-bond donors (Lipinski definition) is 2. The Hall–Kier alpha value is -6.00. The first-order valence-corrected chi connectivity index (χ1v) is 14.9. The van der Waals surface area contributed by atoms with E-state index in [0.717, 1.165) is 18.6 Å². The molecule has 48 heavy (non-hydrogen) atoms. The number of pyridine rings is 2. The van der Waals surface area contributed by atoms with Gasteiger partial charge in [0, 0.05) is 42.6 Å². The fourth-order valence-electron chi connectivity index (χ4n) is 5.26. The maximum atomic E-state index is 15.6. The Morgan fingerprint density at radius 2 is 1.88 bits per heavy atom. The van der Waals surface area contributed by atoms with Crippen LogP contribution in [0.3, 0.4) is 0 Å². The van der Waals surface area contributed by atoms with Crippen LogP contribution in [0.1, 0.15) is 45.0 Å². The van der Waals surface area contributed by atoms with Gasteiger partial charge in [-0.05, 0) is 54.4 Å². The van der Waals surface area contributed by atoms with Gasteiger partial charge in [-0.3, -0.25) is 10.1 Å². The van der Waals surface area contributed by atoms with Crippen molar-refractivity contribution in [2.24, 2.45) is 0 Å². The predicted octanol–water partition coefficient (Wildman–Crippen LogP) is 5.69. The average molecular weight is 651 g/mol. The molecular weight excluding hydrogens is 625 g/mol. The minimum Gasteiger partial charge on any atom is -0.478 e. The Bertz CT molecular complexity index is 2220. The van der Waals surface area contributed by atoms with Crippen molar-refractivity contribution in [1.29, 1.82) is 0 Å². The van der Waals surface area contributed by atoms with E-state index >= 15 is 8.78 Å². The quantitative estimate of drug-likeness (QED) is 0.191. The van der Waals surface area contributed by atoms with E-state index in [-0.39, 0.29) is 53.1 Å². The van der Waals surface area contributed by atoms with Crippen molar-refractivity contribution in [2.75, 3.05) is 6.61 Å². The van der Waals surface area contributed by atoms with Crippen molar-refractivity contribution in [3.05, 3.63) is 124 Å². The zero-order valence-electron chi connectivity index (χ0n) is 25.1. The molecule has 0 spiro atoms. The van der Waals surface area contributed by atoms with Crippen molar-refractivity contribution in [3.63, 3.8) is 0 Å². The highest BCUT2D eigenvalue weighted by molar-refractivity contribution is 5.92. The number of halogens is 3. The number of ether oxygens (including phenoxy) is 2. The molecule has 0 saturated carbocycles. The molecule has 6 aromatic rings. The van der Waals surface area contributed by atoms with Crippen LogP contribution in [0.15, 0.2) is 73.2 Å². The Morgan fingerprint density at radius 3 is 2.62 bits per heavy atom. The molecule has 13 heteroatoms. The molecule has 1 aliphatic rings. The van der Waals surface area contributed by atoms with Crippen LogP contribution in [0.25, 0.3) is 22.3 Å². The number of carbonyl (C=O) groups is 1. The van der Waals surface area contributed by atoms with E-state index in [9.17, 15) is 14.3 Å². The van der Waals surface area contributed by atoms with Crippen LogP contribution in [0, 0.1) is 29.3 Å². The van der Waals surface area contributed by atoms with E-state index in [1.165, 1.54) is 36.5 Å². The molecule has 1 atom stereocenters. The number of H-pyrrole nitrogens is 1. The predicted molar refractivity (Wildman–Crippen MR) is 167 cm³/mol. The molecule has 1 fully saturated rings. The summed E-state index contributed by atoms with van der Waals surface area (Å²) in [5, 5.41) is 15.9. The monoisotopic (exact) mass is 650 g/mol. The molecule has 10 nitrogen and oxygen atoms in total. The first-order valence-electron chi connectivity index (χ1n) is 14.9. The van der Waals surface area contributed by atoms with Gasteiger partial charge in [0.2, 0.25) is 5.88 Å². The van der Waals surface area contributed by atoms with Crippen LogP contribution >= 0.6 is 0 Å². The van der Waals surface area contributed by atoms with Crippen LogP contribution in [0.4, 0.5) is 13.2 Å². The van der Waals surface area contributed by atoms with Gasteiger partial charge in [0.05, 0.1) is 46.7 Å². The number of aromatic amines is 1. The van der Waals surface area contributed by atoms with Crippen LogP contribution in [-0.4, -0.2) is 53.5 Å². The average Bonchev–Trinajstić information content (AvgIpc) is 3.70. The second kappa shape index (κ2) is 13.0. The third kappa shape index (κ3) is 6.47. The summed E-state index contributed by atoms with van der Waals surface area (Å²) in [5.74, 6) is 3.07. The second-order valence-corrected chi connectivity index (χ2v) is 11.1. The molecule has 0 radical (unpaired) electrons. The fourth-order valence-corrected chi connectivity index (χ4v) is 5.26. The molecular formula is C35H25F3N6O4. The van der Waals surface area contributed by atoms with Gasteiger partial charge in [-0.15, -0.1) is 0 Å². The zero-order chi connectivity index (χ0) is 33.2. The number of imidazole rings is 1. The summed E-state index contributed by atoms with van der Waals surface area (Å²) < 4.78 is 58.8. The highest BCUT2D eigenvalue weighted by Crippen LogP contribution is 2.29. The number of aromatic carboxylic acids is 1. The van der Waals surface area contributed by atoms with Crippen LogP contribution in [0.5, 0.6) is 5.88 Å². The van der Waals surface area contributed by atoms with E-state index < -0.39 is 23.4 Å². The van der Waals surface area contributed by atoms with Gasteiger partial charge in [-0.2, -0.15) is 5.10 Å². The summed E-state index contributed by atoms with van der Waals surface area (Å²) in [6.45, 7) is 0.769. The lowest BCUT2D eigenvalue weighted by Crippen LogP contribution is -2.31. The van der Waals surface area contributed by atoms with Crippen molar-refractivity contribution in [2.45, 2.75) is 32.1 Å². The maximum absolute atomic E-state index is 15.6. The van der Waals surface area contributed by atoms with Crippen LogP contribution in [-0.2, 0) is 24.3 Å². The van der Waals surface area contributed by atoms with Crippen molar-refractivity contribution in [3.8, 4) is 29.0 Å². The zero-order valence-corrected chi connectivity index (χ0v) is 25.1. The third-order valence-electron chi connectivity index (χ3n) is 7.86. The summed E-state index contributed by atoms with van der Waals surface area (Å²) in [7, 11) is 0. The summed E-state index contributed by atoms with van der Waals surface area (Å²) in [6.07, 6.45) is 5.27. The third-order valence-corrected chi connectivity index (χ3v) is 7.86. The molecule has 0 amide bonds. The summed E-state index contributed by atoms with van der Waals surface area (Å²) in [5.41, 5.74) is 2.33. The number of carboxylic acid groups (broad SMARTS) is 1. The highest BCUT2D eigenvalue weighted by atomic mass is 19.1. The van der Waals surface area contributed by atoms with Gasteiger partial charge in [0.15, 0.2) is 0 Å². The van der Waals surface area contributed by atoms with E-state index in [0.29, 0.717) is 41.1 Å². The normalized spacial score (nSPS) is 13.9. The molecule has 1 saturated heterocycles. The molecule has 5 heterocycles. The number of hydrogen-bond acceptors (Lipinski definition) is 7. The molecule has 0 bridgehead atoms. The number of nitrogens with zero attached hydrogens (tertiary/aromatic N) is 5. The number of nitrogens with one attached hydrogen (secondary N) is 1. The van der Waals surface area contributed by atoms with Gasteiger partial charge >= 0.3 is 5.97 Å². The first kappa shape index (κ1) is 30.6. The van der Waals surface area contributed by atoms with Crippen molar-refractivity contribution >= 4 is 17.0 Å². The van der Waals surface area contributed by atoms with Crippen molar-refractivity contribution < 1.29 is 32.5 Å². The van der Waals surface area contributed by atoms with E-state index in [1.807, 2.05) is 0 Å². The van der Waals surface area contributed by atoms with E-state index in [2.05, 4.69) is 37.0 Å². The smallest absolute Gasteiger partial charge is 0.335 e. The number of aromatic nitrogens is 6. The van der Waals surface area contributed by atoms with Gasteiger partial charge in [0.1, 0.15) is 35.6 Å². The van der Waals surface area contributed by atoms with Gasteiger partial charge in [0.25, 0.3) is 0 Å². The molecule has 240 valence electrons. The lowest BCUT2D eigenvalue weighted by atomic mass is 10.0. The van der Waals surface area contributed by atoms with Gasteiger partial charge in [-0.1, -0.05) is 17.9 Å². The molecule has 7 rings (SSSR count). The van der Waals surface area contributed by atoms with Gasteiger partial charge < -0.3 is 19.1 Å². The molecule has 0 aliphatic carbocycles. The SMILES string of the molecule is O=C(O)c1ccc2nc(Cc3cc(F)c(-c4cccc(OCc5ncc(C#Cc6cn[nH]c6)cc5F)n4)cc3F)n(C[C@@H]3CCO3)c2c1. The lowest BCUT2D eigenvalue weighted by molar-refractivity contribution is -0.0589. The topological polar surface area (TPSA) is 128 Å². The molecule has 4 aromatic heterocycles. The lowest BCUT2D eigenvalue weighted by Gasteiger charge is -2.27. The van der Waals surface area contributed by atoms with Crippen molar-refractivity contribution in [1.82, 2.24) is 29.7 Å². The second-order valence-electron chi connectivity index (χ2n) is 11.1. The standard InChI is InChI=1S/C35H25F3N6O4/c36-26-14-25(29-2-1-3-34(43-29)48-19-31-28(38)10-20(15-39-31)4-5-21-16-40-41-17-21)27(37)11-23(26)13-33-42-30-7-6-22(35(45)46)12-32(30)44(33)18-24-8-9-47-24/h1-3,6-7,10-12,14-17,24H,8-9,13,18-19H2,(H,40,41)(H,45,46)/t24-/m0/s1. The first-order chi connectivity index (χ1) is 23.3. The summed E-state index contributed by atoms with van der Waals surface area (Å²) in [4.78, 5) is 24.6. The number of benzene rings is 2. The molecule has 1 aliphatic heterocycles. The molecule has 0 unspecified atom stereocenters. The fraction of sp³-hybridized carbons (Fsp3) is 0.171. The minimum absolute atomic E-state index is 0.0201. The molecule has 2 aromatic carbocycles. The Kier molecular flexibility index (Phi) is 8.31. The minimum atomic E-state index is -1.08. The Balaban J connectivity index is 1.09. The van der Waals surface area contributed by atoms with Gasteiger partial charge in [-0.25, -0.2) is 27.9 Å². The Morgan fingerprint density at radius 1 is 1.02 bits per heavy atom. The van der Waals surface area contributed by atoms with Crippen LogP contribution in [0.2, 0.25) is 0 Å². The number of fused-ring (bicyclic) bond motifs is 1. The summed E-state index contributed by atoms with van der Waals surface area (Å²) in [6, 6.07) is 12.6.